The van der Waals surface area contributed by atoms with Gasteiger partial charge in [0.05, 0.1) is 46.1 Å². The summed E-state index contributed by atoms with van der Waals surface area (Å²) >= 11 is 0. The Labute approximate surface area is 171 Å². The maximum atomic E-state index is 13.3. The zero-order valence-electron chi connectivity index (χ0n) is 17.2. The number of quaternary nitrogens is 1. The van der Waals surface area contributed by atoms with Crippen molar-refractivity contribution in [3.8, 4) is 11.5 Å². The maximum Gasteiger partial charge on any atom is 0.221 e. The Balaban J connectivity index is 1.47. The van der Waals surface area contributed by atoms with E-state index in [0.717, 1.165) is 59.8 Å². The van der Waals surface area contributed by atoms with Gasteiger partial charge >= 0.3 is 0 Å². The maximum absolute atomic E-state index is 13.3. The van der Waals surface area contributed by atoms with Crippen LogP contribution in [0.25, 0.3) is 10.9 Å². The average Bonchev–Trinajstić information content (AvgIpc) is 3.21. The highest BCUT2D eigenvalue weighted by atomic mass is 16.5. The summed E-state index contributed by atoms with van der Waals surface area (Å²) in [6.07, 6.45) is 1.83. The molecule has 6 heteroatoms. The third kappa shape index (κ3) is 3.68. The molecule has 0 radical (unpaired) electrons. The Kier molecular flexibility index (Phi) is 5.45. The fourth-order valence-corrected chi connectivity index (χ4v) is 4.21. The number of benzene rings is 2. The van der Waals surface area contributed by atoms with Crippen LogP contribution in [-0.2, 0) is 0 Å². The molecular formula is C23H28N3O3+. The third-order valence-corrected chi connectivity index (χ3v) is 5.99. The van der Waals surface area contributed by atoms with Crippen LogP contribution in [0.5, 0.6) is 11.5 Å². The second kappa shape index (κ2) is 8.17. The van der Waals surface area contributed by atoms with E-state index in [4.69, 9.17) is 9.47 Å². The van der Waals surface area contributed by atoms with E-state index in [-0.39, 0.29) is 11.8 Å². The summed E-state index contributed by atoms with van der Waals surface area (Å²) in [5.74, 6) is 1.83. The Hall–Kier alpha value is -2.99. The van der Waals surface area contributed by atoms with Crippen LogP contribution < -0.4 is 19.3 Å². The van der Waals surface area contributed by atoms with Crippen molar-refractivity contribution in [2.75, 3.05) is 45.3 Å². The Morgan fingerprint density at radius 1 is 1.10 bits per heavy atom. The van der Waals surface area contributed by atoms with E-state index in [2.05, 4.69) is 16.0 Å². The molecule has 1 saturated heterocycles. The van der Waals surface area contributed by atoms with Crippen LogP contribution >= 0.6 is 0 Å². The number of rotatable bonds is 6. The number of para-hydroxylation sites is 2. The number of carbonyl (C=O) groups excluding carboxylic acids is 1. The van der Waals surface area contributed by atoms with Gasteiger partial charge in [0.15, 0.2) is 0 Å². The molecule has 3 aromatic rings. The molecule has 0 aliphatic carbocycles. The number of ether oxygens (including phenoxy) is 2. The number of anilines is 1. The van der Waals surface area contributed by atoms with Gasteiger partial charge in [0, 0.05) is 22.7 Å². The summed E-state index contributed by atoms with van der Waals surface area (Å²) in [5, 5.41) is 0.924. The van der Waals surface area contributed by atoms with Crippen LogP contribution in [0.4, 0.5) is 5.69 Å². The molecule has 29 heavy (non-hydrogen) atoms. The average molecular weight is 394 g/mol. The number of ketones is 1. The number of nitrogens with zero attached hydrogens (tertiary/aromatic N) is 1. The molecule has 2 aromatic carbocycles. The number of aromatic amines is 1. The molecule has 2 N–H and O–H groups in total. The smallest absolute Gasteiger partial charge is 0.221 e. The van der Waals surface area contributed by atoms with E-state index in [1.54, 1.807) is 14.2 Å². The number of H-pyrrole nitrogens is 1. The summed E-state index contributed by atoms with van der Waals surface area (Å²) in [4.78, 5) is 20.1. The minimum Gasteiger partial charge on any atom is -0.497 e. The molecule has 0 bridgehead atoms. The molecule has 1 aromatic heterocycles. The summed E-state index contributed by atoms with van der Waals surface area (Å²) in [6.45, 7) is 5.66. The van der Waals surface area contributed by atoms with Gasteiger partial charge in [0.2, 0.25) is 5.78 Å². The number of carbonyl (C=O) groups is 1. The van der Waals surface area contributed by atoms with Gasteiger partial charge in [-0.15, -0.1) is 0 Å². The highest BCUT2D eigenvalue weighted by Gasteiger charge is 2.31. The number of nitrogens with one attached hydrogen (secondary N) is 2. The first-order valence-corrected chi connectivity index (χ1v) is 10.0. The molecule has 152 valence electrons. The van der Waals surface area contributed by atoms with Gasteiger partial charge in [0.25, 0.3) is 0 Å². The normalized spacial score (nSPS) is 16.0. The van der Waals surface area contributed by atoms with Crippen LogP contribution in [0.1, 0.15) is 17.3 Å². The highest BCUT2D eigenvalue weighted by molar-refractivity contribution is 6.09. The minimum absolute atomic E-state index is 0.0972. The predicted molar refractivity (Wildman–Crippen MR) is 115 cm³/mol. The van der Waals surface area contributed by atoms with E-state index in [9.17, 15) is 4.79 Å². The monoisotopic (exact) mass is 394 g/mol. The lowest BCUT2D eigenvalue weighted by atomic mass is 10.0. The molecular weight excluding hydrogens is 366 g/mol. The number of Topliss-reactive ketones (excluding diaryl/α,β-unsaturated/α-hetero) is 1. The number of methoxy groups -OCH3 is 2. The quantitative estimate of drug-likeness (QED) is 0.629. The predicted octanol–water partition coefficient (Wildman–Crippen LogP) is 2.16. The highest BCUT2D eigenvalue weighted by Crippen LogP contribution is 2.27. The SMILES string of the molecule is COc1ccc2[nH]cc(C(=O)[C@@H](C)[NH+]3CCN(c4ccccc4OC)CC3)c2c1. The van der Waals surface area contributed by atoms with Gasteiger partial charge in [-0.1, -0.05) is 12.1 Å². The standard InChI is InChI=1S/C23H27N3O3/c1-16(23(27)19-15-24-20-9-8-17(28-2)14-18(19)20)25-10-12-26(13-11-25)21-6-4-5-7-22(21)29-3/h4-9,14-16,24H,10-13H2,1-3H3/p+1/t16-/m1/s1. The van der Waals surface area contributed by atoms with E-state index in [0.29, 0.717) is 0 Å². The van der Waals surface area contributed by atoms with Crippen molar-refractivity contribution in [3.63, 3.8) is 0 Å². The van der Waals surface area contributed by atoms with Gasteiger partial charge in [-0.2, -0.15) is 0 Å². The van der Waals surface area contributed by atoms with Crippen molar-refractivity contribution in [2.45, 2.75) is 13.0 Å². The first kappa shape index (κ1) is 19.3. The van der Waals surface area contributed by atoms with E-state index < -0.39 is 0 Å². The van der Waals surface area contributed by atoms with Crippen LogP contribution in [-0.4, -0.2) is 57.2 Å². The molecule has 0 unspecified atom stereocenters. The first-order valence-electron chi connectivity index (χ1n) is 10.0. The van der Waals surface area contributed by atoms with Crippen LogP contribution in [0.2, 0.25) is 0 Å². The molecule has 2 heterocycles. The van der Waals surface area contributed by atoms with Crippen molar-refractivity contribution in [1.29, 1.82) is 0 Å². The molecule has 4 rings (SSSR count). The van der Waals surface area contributed by atoms with Crippen molar-refractivity contribution in [1.82, 2.24) is 4.98 Å². The summed E-state index contributed by atoms with van der Waals surface area (Å²) in [7, 11) is 3.35. The summed E-state index contributed by atoms with van der Waals surface area (Å²) < 4.78 is 10.8. The van der Waals surface area contributed by atoms with Gasteiger partial charge in [-0.25, -0.2) is 0 Å². The van der Waals surface area contributed by atoms with Gasteiger partial charge < -0.3 is 24.3 Å². The number of piperazine rings is 1. The molecule has 1 atom stereocenters. The zero-order chi connectivity index (χ0) is 20.4. The molecule has 1 aliphatic rings. The summed E-state index contributed by atoms with van der Waals surface area (Å²) in [5.41, 5.74) is 2.82. The van der Waals surface area contributed by atoms with E-state index >= 15 is 0 Å². The van der Waals surface area contributed by atoms with Crippen LogP contribution in [0, 0.1) is 0 Å². The van der Waals surface area contributed by atoms with E-state index in [1.165, 1.54) is 4.90 Å². The summed E-state index contributed by atoms with van der Waals surface area (Å²) in [6, 6.07) is 13.8. The van der Waals surface area contributed by atoms with Crippen LogP contribution in [0.3, 0.4) is 0 Å². The van der Waals surface area contributed by atoms with Crippen LogP contribution in [0.15, 0.2) is 48.7 Å². The second-order valence-corrected chi connectivity index (χ2v) is 7.52. The molecule has 0 spiro atoms. The van der Waals surface area contributed by atoms with Crippen molar-refractivity contribution >= 4 is 22.4 Å². The van der Waals surface area contributed by atoms with Crippen molar-refractivity contribution in [2.24, 2.45) is 0 Å². The fourth-order valence-electron chi connectivity index (χ4n) is 4.21. The number of fused-ring (bicyclic) bond motifs is 1. The van der Waals surface area contributed by atoms with Crippen molar-refractivity contribution in [3.05, 3.63) is 54.2 Å². The molecule has 0 amide bonds. The van der Waals surface area contributed by atoms with Gasteiger partial charge in [0.1, 0.15) is 17.5 Å². The number of aromatic nitrogens is 1. The number of hydrogen-bond acceptors (Lipinski definition) is 4. The lowest BCUT2D eigenvalue weighted by Crippen LogP contribution is -3.18. The molecule has 1 fully saturated rings. The Morgan fingerprint density at radius 2 is 1.86 bits per heavy atom. The van der Waals surface area contributed by atoms with Gasteiger partial charge in [-0.05, 0) is 37.3 Å². The topological polar surface area (TPSA) is 59.0 Å². The molecule has 0 saturated carbocycles. The minimum atomic E-state index is -0.0972. The van der Waals surface area contributed by atoms with Crippen molar-refractivity contribution < 1.29 is 19.2 Å². The molecule has 6 nitrogen and oxygen atoms in total. The molecule has 1 aliphatic heterocycles. The first-order chi connectivity index (χ1) is 14.1. The second-order valence-electron chi connectivity index (χ2n) is 7.52. The van der Waals surface area contributed by atoms with Gasteiger partial charge in [-0.3, -0.25) is 4.79 Å². The fraction of sp³-hybridized carbons (Fsp3) is 0.348. The lowest BCUT2D eigenvalue weighted by molar-refractivity contribution is -0.914. The zero-order valence-corrected chi connectivity index (χ0v) is 17.2. The number of hydrogen-bond donors (Lipinski definition) is 2. The third-order valence-electron chi connectivity index (χ3n) is 5.99. The van der Waals surface area contributed by atoms with E-state index in [1.807, 2.05) is 49.5 Å². The Morgan fingerprint density at radius 3 is 2.59 bits per heavy atom. The largest absolute Gasteiger partial charge is 0.497 e. The Bertz CT molecular complexity index is 1010. The lowest BCUT2D eigenvalue weighted by Gasteiger charge is -2.36.